The van der Waals surface area contributed by atoms with Crippen LogP contribution in [0.1, 0.15) is 17.4 Å². The first-order chi connectivity index (χ1) is 10.6. The van der Waals surface area contributed by atoms with Crippen molar-refractivity contribution in [2.24, 2.45) is 0 Å². The summed E-state index contributed by atoms with van der Waals surface area (Å²) < 4.78 is 18.9. The lowest BCUT2D eigenvalue weighted by atomic mass is 10.2. The molecular weight excluding hydrogens is 309 g/mol. The van der Waals surface area contributed by atoms with Gasteiger partial charge in [0, 0.05) is 11.6 Å². The molecule has 0 bridgehead atoms. The molecule has 112 valence electrons. The first-order valence-corrected chi connectivity index (χ1v) is 7.24. The van der Waals surface area contributed by atoms with Crippen molar-refractivity contribution in [3.8, 4) is 10.6 Å². The molecule has 0 spiro atoms. The van der Waals surface area contributed by atoms with E-state index in [1.807, 2.05) is 0 Å². The van der Waals surface area contributed by atoms with Crippen molar-refractivity contribution in [1.82, 2.24) is 14.6 Å². The summed E-state index contributed by atoms with van der Waals surface area (Å²) in [6, 6.07) is 6.82. The molecule has 2 aromatic heterocycles. The number of esters is 1. The van der Waals surface area contributed by atoms with Crippen LogP contribution in [0.5, 0.6) is 0 Å². The van der Waals surface area contributed by atoms with E-state index in [0.29, 0.717) is 10.6 Å². The molecule has 0 N–H and O–H groups in total. The van der Waals surface area contributed by atoms with Crippen molar-refractivity contribution in [2.75, 3.05) is 6.61 Å². The summed E-state index contributed by atoms with van der Waals surface area (Å²) >= 11 is 1.13. The Kier molecular flexibility index (Phi) is 3.68. The highest BCUT2D eigenvalue weighted by atomic mass is 32.1. The molecule has 1 aromatic carbocycles. The SMILES string of the molecule is CCOC(=O)c1cc(=O)n2nc(-c3ccc(F)cc3)sc2n1. The monoisotopic (exact) mass is 319 g/mol. The highest BCUT2D eigenvalue weighted by Crippen LogP contribution is 2.24. The van der Waals surface area contributed by atoms with Gasteiger partial charge in [0.25, 0.3) is 5.56 Å². The largest absolute Gasteiger partial charge is 0.461 e. The summed E-state index contributed by atoms with van der Waals surface area (Å²) in [5.41, 5.74) is 0.132. The van der Waals surface area contributed by atoms with E-state index in [2.05, 4.69) is 10.1 Å². The molecule has 3 aromatic rings. The Hall–Kier alpha value is -2.61. The Bertz CT molecular complexity index is 902. The highest BCUT2D eigenvalue weighted by Gasteiger charge is 2.15. The minimum Gasteiger partial charge on any atom is -0.461 e. The zero-order valence-corrected chi connectivity index (χ0v) is 12.3. The fourth-order valence-electron chi connectivity index (χ4n) is 1.83. The molecule has 0 aliphatic heterocycles. The smallest absolute Gasteiger partial charge is 0.357 e. The number of hydrogen-bond acceptors (Lipinski definition) is 6. The van der Waals surface area contributed by atoms with Crippen LogP contribution < -0.4 is 5.56 Å². The van der Waals surface area contributed by atoms with Crippen molar-refractivity contribution in [2.45, 2.75) is 6.92 Å². The van der Waals surface area contributed by atoms with Crippen LogP contribution in [0.25, 0.3) is 15.5 Å². The predicted octanol–water partition coefficient (Wildman–Crippen LogP) is 2.13. The third-order valence-corrected chi connectivity index (χ3v) is 3.78. The van der Waals surface area contributed by atoms with Gasteiger partial charge in [-0.3, -0.25) is 4.79 Å². The molecule has 0 radical (unpaired) electrons. The van der Waals surface area contributed by atoms with Crippen LogP contribution in [-0.2, 0) is 4.74 Å². The lowest BCUT2D eigenvalue weighted by molar-refractivity contribution is 0.0519. The molecule has 22 heavy (non-hydrogen) atoms. The second-order valence-corrected chi connectivity index (χ2v) is 5.26. The molecule has 2 heterocycles. The van der Waals surface area contributed by atoms with Crippen LogP contribution in [0, 0.1) is 5.82 Å². The lowest BCUT2D eigenvalue weighted by Crippen LogP contribution is -2.18. The number of nitrogens with zero attached hydrogens (tertiary/aromatic N) is 3. The number of aromatic nitrogens is 3. The van der Waals surface area contributed by atoms with E-state index in [4.69, 9.17) is 4.74 Å². The minimum absolute atomic E-state index is 0.0545. The Morgan fingerprint density at radius 2 is 2.09 bits per heavy atom. The van der Waals surface area contributed by atoms with E-state index < -0.39 is 11.5 Å². The van der Waals surface area contributed by atoms with Gasteiger partial charge in [0.1, 0.15) is 10.8 Å². The van der Waals surface area contributed by atoms with Crippen LogP contribution in [0.2, 0.25) is 0 Å². The Balaban J connectivity index is 2.09. The molecule has 0 saturated heterocycles. The maximum absolute atomic E-state index is 12.9. The van der Waals surface area contributed by atoms with E-state index in [0.717, 1.165) is 21.9 Å². The van der Waals surface area contributed by atoms with Crippen molar-refractivity contribution in [3.63, 3.8) is 0 Å². The molecular formula is C14H10FN3O3S. The molecule has 0 aliphatic rings. The Morgan fingerprint density at radius 3 is 2.77 bits per heavy atom. The first-order valence-electron chi connectivity index (χ1n) is 6.42. The van der Waals surface area contributed by atoms with Crippen molar-refractivity contribution < 1.29 is 13.9 Å². The first kappa shape index (κ1) is 14.3. The van der Waals surface area contributed by atoms with Gasteiger partial charge in [-0.1, -0.05) is 11.3 Å². The number of rotatable bonds is 3. The van der Waals surface area contributed by atoms with Crippen molar-refractivity contribution in [1.29, 1.82) is 0 Å². The number of fused-ring (bicyclic) bond motifs is 1. The topological polar surface area (TPSA) is 73.6 Å². The van der Waals surface area contributed by atoms with Gasteiger partial charge < -0.3 is 4.74 Å². The molecule has 0 atom stereocenters. The summed E-state index contributed by atoms with van der Waals surface area (Å²) in [4.78, 5) is 28.0. The fourth-order valence-corrected chi connectivity index (χ4v) is 2.74. The zero-order valence-electron chi connectivity index (χ0n) is 11.4. The van der Waals surface area contributed by atoms with Gasteiger partial charge in [-0.2, -0.15) is 9.61 Å². The van der Waals surface area contributed by atoms with Gasteiger partial charge in [0.2, 0.25) is 4.96 Å². The molecule has 8 heteroatoms. The fraction of sp³-hybridized carbons (Fsp3) is 0.143. The molecule has 0 aliphatic carbocycles. The van der Waals surface area contributed by atoms with Gasteiger partial charge in [-0.25, -0.2) is 14.2 Å². The van der Waals surface area contributed by atoms with Gasteiger partial charge in [-0.15, -0.1) is 0 Å². The molecule has 6 nitrogen and oxygen atoms in total. The molecule has 0 unspecified atom stereocenters. The average Bonchev–Trinajstić information content (AvgIpc) is 2.93. The molecule has 0 fully saturated rings. The van der Waals surface area contributed by atoms with Gasteiger partial charge >= 0.3 is 5.97 Å². The van der Waals surface area contributed by atoms with E-state index in [1.54, 1.807) is 19.1 Å². The highest BCUT2D eigenvalue weighted by molar-refractivity contribution is 7.19. The summed E-state index contributed by atoms with van der Waals surface area (Å²) in [6.07, 6.45) is 0. The number of benzene rings is 1. The van der Waals surface area contributed by atoms with E-state index in [9.17, 15) is 14.0 Å². The van der Waals surface area contributed by atoms with Crippen LogP contribution in [0.15, 0.2) is 35.1 Å². The summed E-state index contributed by atoms with van der Waals surface area (Å²) in [5, 5.41) is 4.65. The standard InChI is InChI=1S/C14H10FN3O3S/c1-2-21-13(20)10-7-11(19)18-14(16-10)22-12(17-18)8-3-5-9(15)6-4-8/h3-7H,2H2,1H3. The Labute approximate surface area is 127 Å². The second kappa shape index (κ2) is 5.64. The minimum atomic E-state index is -0.654. The predicted molar refractivity (Wildman–Crippen MR) is 78.5 cm³/mol. The van der Waals surface area contributed by atoms with Crippen LogP contribution in [0.4, 0.5) is 4.39 Å². The summed E-state index contributed by atoms with van der Waals surface area (Å²) in [5.74, 6) is -1.01. The van der Waals surface area contributed by atoms with Crippen LogP contribution in [-0.4, -0.2) is 27.2 Å². The number of carbonyl (C=O) groups excluding carboxylic acids is 1. The molecule has 0 saturated carbocycles. The summed E-state index contributed by atoms with van der Waals surface area (Å²) in [6.45, 7) is 1.87. The number of ether oxygens (including phenoxy) is 1. The van der Waals surface area contributed by atoms with E-state index in [1.165, 1.54) is 12.1 Å². The summed E-state index contributed by atoms with van der Waals surface area (Å²) in [7, 11) is 0. The third kappa shape index (κ3) is 2.60. The van der Waals surface area contributed by atoms with Crippen LogP contribution in [0.3, 0.4) is 0 Å². The van der Waals surface area contributed by atoms with Gasteiger partial charge in [-0.05, 0) is 31.2 Å². The van der Waals surface area contributed by atoms with Crippen molar-refractivity contribution >= 4 is 22.3 Å². The average molecular weight is 319 g/mol. The normalized spacial score (nSPS) is 10.8. The van der Waals surface area contributed by atoms with Gasteiger partial charge in [0.15, 0.2) is 5.69 Å². The van der Waals surface area contributed by atoms with Gasteiger partial charge in [0.05, 0.1) is 6.61 Å². The third-order valence-electron chi connectivity index (χ3n) is 2.82. The Morgan fingerprint density at radius 1 is 1.36 bits per heavy atom. The number of halogens is 1. The zero-order chi connectivity index (χ0) is 15.7. The maximum Gasteiger partial charge on any atom is 0.357 e. The molecule has 3 rings (SSSR count). The number of carbonyl (C=O) groups is 1. The molecule has 0 amide bonds. The van der Waals surface area contributed by atoms with E-state index in [-0.39, 0.29) is 23.1 Å². The lowest BCUT2D eigenvalue weighted by Gasteiger charge is -1.99. The van der Waals surface area contributed by atoms with Crippen molar-refractivity contribution in [3.05, 3.63) is 52.2 Å². The quantitative estimate of drug-likeness (QED) is 0.692. The van der Waals surface area contributed by atoms with E-state index >= 15 is 0 Å². The maximum atomic E-state index is 12.9. The van der Waals surface area contributed by atoms with Crippen LogP contribution >= 0.6 is 11.3 Å². The number of hydrogen-bond donors (Lipinski definition) is 0. The second-order valence-electron chi connectivity index (χ2n) is 4.31.